The van der Waals surface area contributed by atoms with E-state index in [1.807, 2.05) is 24.3 Å². The Labute approximate surface area is 153 Å². The van der Waals surface area contributed by atoms with Crippen LogP contribution in [0.4, 0.5) is 11.6 Å². The van der Waals surface area contributed by atoms with Crippen molar-refractivity contribution in [2.45, 2.75) is 13.3 Å². The molecule has 1 saturated heterocycles. The third-order valence-electron chi connectivity index (χ3n) is 4.35. The number of amides is 1. The zero-order valence-electron chi connectivity index (χ0n) is 15.1. The van der Waals surface area contributed by atoms with Gasteiger partial charge in [-0.1, -0.05) is 25.1 Å². The Hall–Kier alpha value is -2.51. The van der Waals surface area contributed by atoms with E-state index in [9.17, 15) is 4.79 Å². The zero-order chi connectivity index (χ0) is 18.2. The smallest absolute Gasteiger partial charge is 0.274 e. The summed E-state index contributed by atoms with van der Waals surface area (Å²) in [7, 11) is 0. The Morgan fingerprint density at radius 1 is 1.23 bits per heavy atom. The zero-order valence-corrected chi connectivity index (χ0v) is 15.1. The van der Waals surface area contributed by atoms with Crippen molar-refractivity contribution in [3.63, 3.8) is 0 Å². The lowest BCUT2D eigenvalue weighted by molar-refractivity contribution is 0.0398. The van der Waals surface area contributed by atoms with Crippen LogP contribution in [0.5, 0.6) is 0 Å². The van der Waals surface area contributed by atoms with Crippen LogP contribution in [0.2, 0.25) is 0 Å². The van der Waals surface area contributed by atoms with E-state index in [2.05, 4.69) is 32.4 Å². The van der Waals surface area contributed by atoms with E-state index in [0.29, 0.717) is 11.6 Å². The number of carbonyl (C=O) groups excluding carboxylic acids is 1. The highest BCUT2D eigenvalue weighted by Gasteiger charge is 2.12. The number of para-hydroxylation sites is 1. The first-order valence-corrected chi connectivity index (χ1v) is 9.02. The van der Waals surface area contributed by atoms with Crippen molar-refractivity contribution < 1.29 is 9.53 Å². The van der Waals surface area contributed by atoms with Crippen LogP contribution in [-0.2, 0) is 11.2 Å². The summed E-state index contributed by atoms with van der Waals surface area (Å²) in [5, 5.41) is 6.12. The van der Waals surface area contributed by atoms with Crippen LogP contribution in [0.1, 0.15) is 23.0 Å². The van der Waals surface area contributed by atoms with E-state index in [0.717, 1.165) is 57.1 Å². The van der Waals surface area contributed by atoms with Crippen LogP contribution in [0, 0.1) is 0 Å². The van der Waals surface area contributed by atoms with Gasteiger partial charge < -0.3 is 15.4 Å². The van der Waals surface area contributed by atoms with Gasteiger partial charge in [0.05, 0.1) is 13.2 Å². The van der Waals surface area contributed by atoms with E-state index in [1.165, 1.54) is 0 Å². The molecule has 0 unspecified atom stereocenters. The van der Waals surface area contributed by atoms with Gasteiger partial charge in [-0.15, -0.1) is 0 Å². The van der Waals surface area contributed by atoms with Crippen molar-refractivity contribution in [1.82, 2.24) is 14.9 Å². The highest BCUT2D eigenvalue weighted by molar-refractivity contribution is 6.03. The molecule has 1 aliphatic heterocycles. The number of benzene rings is 1. The second kappa shape index (κ2) is 9.26. The molecule has 0 atom stereocenters. The molecular weight excluding hydrogens is 330 g/mol. The minimum Gasteiger partial charge on any atom is -0.379 e. The normalized spacial score (nSPS) is 14.8. The van der Waals surface area contributed by atoms with Crippen molar-refractivity contribution in [1.29, 1.82) is 0 Å². The Morgan fingerprint density at radius 2 is 2.04 bits per heavy atom. The second-order valence-corrected chi connectivity index (χ2v) is 6.11. The van der Waals surface area contributed by atoms with Crippen LogP contribution in [0.3, 0.4) is 0 Å². The van der Waals surface area contributed by atoms with Crippen molar-refractivity contribution >= 4 is 17.5 Å². The van der Waals surface area contributed by atoms with Gasteiger partial charge in [0.1, 0.15) is 5.69 Å². The van der Waals surface area contributed by atoms with Crippen molar-refractivity contribution in [3.8, 4) is 0 Å². The van der Waals surface area contributed by atoms with E-state index < -0.39 is 0 Å². The summed E-state index contributed by atoms with van der Waals surface area (Å²) in [5.41, 5.74) is 2.26. The number of hydrogen-bond donors (Lipinski definition) is 2. The maximum atomic E-state index is 12.5. The highest BCUT2D eigenvalue weighted by Crippen LogP contribution is 2.16. The molecule has 1 aliphatic rings. The van der Waals surface area contributed by atoms with E-state index in [1.54, 1.807) is 12.3 Å². The van der Waals surface area contributed by atoms with Gasteiger partial charge in [-0.05, 0) is 24.1 Å². The lowest BCUT2D eigenvalue weighted by atomic mass is 10.1. The maximum absolute atomic E-state index is 12.5. The Bertz CT molecular complexity index is 731. The molecule has 2 aromatic rings. The van der Waals surface area contributed by atoms with Crippen molar-refractivity contribution in [2.75, 3.05) is 50.0 Å². The van der Waals surface area contributed by atoms with Gasteiger partial charge in [0.25, 0.3) is 5.91 Å². The molecule has 26 heavy (non-hydrogen) atoms. The van der Waals surface area contributed by atoms with Crippen molar-refractivity contribution in [3.05, 3.63) is 47.8 Å². The molecule has 2 heterocycles. The third kappa shape index (κ3) is 5.00. The number of aromatic nitrogens is 2. The SMILES string of the molecule is CCc1ccccc1NC(=O)c1ccnc(NCCN2CCOCC2)n1. The van der Waals surface area contributed by atoms with Gasteiger partial charge >= 0.3 is 0 Å². The molecule has 2 N–H and O–H groups in total. The molecule has 0 aliphatic carbocycles. The average molecular weight is 355 g/mol. The standard InChI is InChI=1S/C19H25N5O2/c1-2-15-5-3-4-6-16(15)22-18(25)17-7-8-20-19(23-17)21-9-10-24-11-13-26-14-12-24/h3-8H,2,9-14H2,1H3,(H,22,25)(H,20,21,23). The van der Waals surface area contributed by atoms with Gasteiger partial charge in [0.15, 0.2) is 0 Å². The summed E-state index contributed by atoms with van der Waals surface area (Å²) < 4.78 is 5.34. The fourth-order valence-electron chi connectivity index (χ4n) is 2.86. The quantitative estimate of drug-likeness (QED) is 0.791. The van der Waals surface area contributed by atoms with Gasteiger partial charge in [0, 0.05) is 38.1 Å². The van der Waals surface area contributed by atoms with Crippen molar-refractivity contribution in [2.24, 2.45) is 0 Å². The molecule has 1 fully saturated rings. The molecule has 0 bridgehead atoms. The van der Waals surface area contributed by atoms with Gasteiger partial charge in [-0.3, -0.25) is 9.69 Å². The number of ether oxygens (including phenoxy) is 1. The predicted molar refractivity (Wildman–Crippen MR) is 102 cm³/mol. The van der Waals surface area contributed by atoms with E-state index in [-0.39, 0.29) is 5.91 Å². The Morgan fingerprint density at radius 3 is 2.85 bits per heavy atom. The predicted octanol–water partition coefficient (Wildman–Crippen LogP) is 2.04. The Balaban J connectivity index is 1.56. The molecule has 7 nitrogen and oxygen atoms in total. The monoisotopic (exact) mass is 355 g/mol. The molecule has 1 aromatic heterocycles. The molecule has 0 radical (unpaired) electrons. The molecule has 0 saturated carbocycles. The minimum atomic E-state index is -0.232. The maximum Gasteiger partial charge on any atom is 0.274 e. The fraction of sp³-hybridized carbons (Fsp3) is 0.421. The van der Waals surface area contributed by atoms with E-state index >= 15 is 0 Å². The molecule has 1 amide bonds. The number of hydrogen-bond acceptors (Lipinski definition) is 6. The van der Waals surface area contributed by atoms with Crippen LogP contribution in [0.15, 0.2) is 36.5 Å². The second-order valence-electron chi connectivity index (χ2n) is 6.11. The molecule has 0 spiro atoms. The van der Waals surface area contributed by atoms with Crippen LogP contribution in [0.25, 0.3) is 0 Å². The largest absolute Gasteiger partial charge is 0.379 e. The summed E-state index contributed by atoms with van der Waals surface area (Å²) in [6.07, 6.45) is 2.46. The number of nitrogens with zero attached hydrogens (tertiary/aromatic N) is 3. The first kappa shape index (κ1) is 18.3. The molecule has 138 valence electrons. The summed E-state index contributed by atoms with van der Waals surface area (Å²) in [4.78, 5) is 23.4. The lowest BCUT2D eigenvalue weighted by Gasteiger charge is -2.26. The molecule has 7 heteroatoms. The average Bonchev–Trinajstić information content (AvgIpc) is 2.69. The fourth-order valence-corrected chi connectivity index (χ4v) is 2.86. The summed E-state index contributed by atoms with van der Waals surface area (Å²) in [6, 6.07) is 9.41. The summed E-state index contributed by atoms with van der Waals surface area (Å²) in [5.74, 6) is 0.235. The molecule has 1 aromatic carbocycles. The Kier molecular flexibility index (Phi) is 6.51. The summed E-state index contributed by atoms with van der Waals surface area (Å²) in [6.45, 7) is 7.14. The minimum absolute atomic E-state index is 0.232. The molecule has 3 rings (SSSR count). The van der Waals surface area contributed by atoms with Gasteiger partial charge in [-0.25, -0.2) is 9.97 Å². The molecular formula is C19H25N5O2. The first-order valence-electron chi connectivity index (χ1n) is 9.02. The number of carbonyl (C=O) groups is 1. The topological polar surface area (TPSA) is 79.4 Å². The lowest BCUT2D eigenvalue weighted by Crippen LogP contribution is -2.39. The van der Waals surface area contributed by atoms with Gasteiger partial charge in [-0.2, -0.15) is 0 Å². The van der Waals surface area contributed by atoms with Crippen LogP contribution < -0.4 is 10.6 Å². The third-order valence-corrected chi connectivity index (χ3v) is 4.35. The highest BCUT2D eigenvalue weighted by atomic mass is 16.5. The number of aryl methyl sites for hydroxylation is 1. The van der Waals surface area contributed by atoms with Crippen LogP contribution >= 0.6 is 0 Å². The first-order chi connectivity index (χ1) is 12.8. The number of nitrogens with one attached hydrogen (secondary N) is 2. The van der Waals surface area contributed by atoms with Crippen LogP contribution in [-0.4, -0.2) is 60.2 Å². The van der Waals surface area contributed by atoms with E-state index in [4.69, 9.17) is 4.74 Å². The number of rotatable bonds is 7. The number of morpholine rings is 1. The van der Waals surface area contributed by atoms with Gasteiger partial charge in [0.2, 0.25) is 5.95 Å². The number of anilines is 2. The summed E-state index contributed by atoms with van der Waals surface area (Å²) >= 11 is 0.